The lowest BCUT2D eigenvalue weighted by molar-refractivity contribution is -0.384. The normalized spacial score (nSPS) is 13.0. The van der Waals surface area contributed by atoms with Gasteiger partial charge < -0.3 is 34.4 Å². The van der Waals surface area contributed by atoms with E-state index in [0.717, 1.165) is 4.90 Å². The smallest absolute Gasteiger partial charge is 0.269 e. The molecule has 1 unspecified atom stereocenters. The van der Waals surface area contributed by atoms with Crippen LogP contribution in [-0.2, 0) is 23.8 Å². The summed E-state index contributed by atoms with van der Waals surface area (Å²) in [5, 5.41) is 16.2. The number of aldehydes is 1. The number of nitro benzene ring substituents is 1. The molecule has 0 radical (unpaired) electrons. The predicted molar refractivity (Wildman–Crippen MR) is 150 cm³/mol. The molecule has 42 heavy (non-hydrogen) atoms. The molecule has 0 spiro atoms. The van der Waals surface area contributed by atoms with Gasteiger partial charge in [0.1, 0.15) is 18.6 Å². The van der Waals surface area contributed by atoms with Gasteiger partial charge >= 0.3 is 0 Å². The fourth-order valence-electron chi connectivity index (χ4n) is 4.10. The van der Waals surface area contributed by atoms with Gasteiger partial charge in [0.15, 0.2) is 0 Å². The minimum atomic E-state index is -1.04. The highest BCUT2D eigenvalue weighted by atomic mass is 16.6. The zero-order valence-electron chi connectivity index (χ0n) is 23.2. The summed E-state index contributed by atoms with van der Waals surface area (Å²) in [5.41, 5.74) is 0.847. The SMILES string of the molecule is CNC(=O)CCC(C=O)N1C(=O)c2cccc(NCCOCCOCCOCCOc3ccc([N+](=O)[O-])cc3)c2C1=O. The number of hydrogen-bond donors (Lipinski definition) is 2. The second kappa shape index (κ2) is 16.8. The average molecular weight is 587 g/mol. The topological polar surface area (TPSA) is 176 Å². The Morgan fingerprint density at radius 3 is 2.21 bits per heavy atom. The lowest BCUT2D eigenvalue weighted by atomic mass is 10.1. The monoisotopic (exact) mass is 586 g/mol. The number of non-ortho nitro benzene ring substituents is 1. The highest BCUT2D eigenvalue weighted by Crippen LogP contribution is 2.31. The summed E-state index contributed by atoms with van der Waals surface area (Å²) in [6, 6.07) is 9.62. The van der Waals surface area contributed by atoms with Crippen molar-refractivity contribution in [2.45, 2.75) is 18.9 Å². The average Bonchev–Trinajstić information content (AvgIpc) is 3.25. The molecule has 14 nitrogen and oxygen atoms in total. The van der Waals surface area contributed by atoms with Crippen molar-refractivity contribution in [1.29, 1.82) is 0 Å². The molecule has 226 valence electrons. The van der Waals surface area contributed by atoms with Crippen LogP contribution in [0.1, 0.15) is 33.6 Å². The number of ether oxygens (including phenoxy) is 4. The maximum atomic E-state index is 13.1. The zero-order chi connectivity index (χ0) is 30.3. The van der Waals surface area contributed by atoms with Crippen molar-refractivity contribution in [3.05, 3.63) is 63.7 Å². The summed E-state index contributed by atoms with van der Waals surface area (Å²) in [6.45, 7) is 2.75. The van der Waals surface area contributed by atoms with Crippen molar-refractivity contribution in [2.24, 2.45) is 0 Å². The highest BCUT2D eigenvalue weighted by Gasteiger charge is 2.41. The maximum Gasteiger partial charge on any atom is 0.269 e. The fraction of sp³-hybridized carbons (Fsp3) is 0.429. The molecule has 2 aromatic rings. The molecular formula is C28H34N4O10. The third kappa shape index (κ3) is 9.06. The number of carbonyl (C=O) groups is 4. The number of rotatable bonds is 20. The number of fused-ring (bicyclic) bond motifs is 1. The Morgan fingerprint density at radius 1 is 0.952 bits per heavy atom. The second-order valence-corrected chi connectivity index (χ2v) is 8.99. The number of amides is 3. The number of hydrogen-bond acceptors (Lipinski definition) is 11. The van der Waals surface area contributed by atoms with E-state index in [9.17, 15) is 29.3 Å². The Labute approximate surface area is 242 Å². The quantitative estimate of drug-likeness (QED) is 0.0761. The summed E-state index contributed by atoms with van der Waals surface area (Å²) in [7, 11) is 1.47. The second-order valence-electron chi connectivity index (χ2n) is 8.99. The third-order valence-corrected chi connectivity index (χ3v) is 6.23. The molecule has 3 rings (SSSR count). The van der Waals surface area contributed by atoms with Crippen LogP contribution >= 0.6 is 0 Å². The van der Waals surface area contributed by atoms with Crippen molar-refractivity contribution in [2.75, 3.05) is 65.2 Å². The van der Waals surface area contributed by atoms with Crippen LogP contribution in [0.5, 0.6) is 5.75 Å². The van der Waals surface area contributed by atoms with Gasteiger partial charge in [-0.05, 0) is 30.7 Å². The van der Waals surface area contributed by atoms with Gasteiger partial charge in [-0.2, -0.15) is 0 Å². The molecule has 0 bridgehead atoms. The highest BCUT2D eigenvalue weighted by molar-refractivity contribution is 6.24. The van der Waals surface area contributed by atoms with Gasteiger partial charge in [-0.25, -0.2) is 0 Å². The Balaban J connectivity index is 1.27. The Bertz CT molecular complexity index is 1240. The third-order valence-electron chi connectivity index (χ3n) is 6.23. The van der Waals surface area contributed by atoms with Crippen LogP contribution in [0.25, 0.3) is 0 Å². The Kier molecular flexibility index (Phi) is 12.8. The number of nitrogens with one attached hydrogen (secondary N) is 2. The van der Waals surface area contributed by atoms with Gasteiger partial charge in [0.25, 0.3) is 17.5 Å². The van der Waals surface area contributed by atoms with Gasteiger partial charge in [0.05, 0.1) is 61.7 Å². The fourth-order valence-corrected chi connectivity index (χ4v) is 4.10. The van der Waals surface area contributed by atoms with Crippen molar-refractivity contribution >= 4 is 35.4 Å². The van der Waals surface area contributed by atoms with E-state index in [-0.39, 0.29) is 35.6 Å². The summed E-state index contributed by atoms with van der Waals surface area (Å²) in [6.07, 6.45) is 0.560. The first kappa shape index (κ1) is 32.1. The van der Waals surface area contributed by atoms with E-state index in [2.05, 4.69) is 10.6 Å². The molecule has 3 amide bonds. The molecule has 0 aliphatic carbocycles. The molecule has 1 heterocycles. The summed E-state index contributed by atoms with van der Waals surface area (Å²) in [5.74, 6) is -0.918. The number of nitro groups is 1. The van der Waals surface area contributed by atoms with E-state index in [0.29, 0.717) is 70.5 Å². The molecule has 1 aliphatic heterocycles. The van der Waals surface area contributed by atoms with Crippen LogP contribution in [-0.4, -0.2) is 99.7 Å². The Hall–Kier alpha value is -4.40. The largest absolute Gasteiger partial charge is 0.491 e. The number of carbonyl (C=O) groups excluding carboxylic acids is 4. The van der Waals surface area contributed by atoms with E-state index in [1.54, 1.807) is 12.1 Å². The van der Waals surface area contributed by atoms with Crippen molar-refractivity contribution in [3.63, 3.8) is 0 Å². The van der Waals surface area contributed by atoms with E-state index in [4.69, 9.17) is 18.9 Å². The molecule has 0 fully saturated rings. The number of benzene rings is 2. The summed E-state index contributed by atoms with van der Waals surface area (Å²) >= 11 is 0. The van der Waals surface area contributed by atoms with Crippen LogP contribution in [0, 0.1) is 10.1 Å². The van der Waals surface area contributed by atoms with Crippen molar-refractivity contribution in [1.82, 2.24) is 10.2 Å². The lowest BCUT2D eigenvalue weighted by Crippen LogP contribution is -2.41. The van der Waals surface area contributed by atoms with Crippen LogP contribution in [0.4, 0.5) is 11.4 Å². The molecule has 0 saturated carbocycles. The predicted octanol–water partition coefficient (Wildman–Crippen LogP) is 1.83. The van der Waals surface area contributed by atoms with E-state index < -0.39 is 22.8 Å². The van der Waals surface area contributed by atoms with Gasteiger partial charge in [0.2, 0.25) is 5.91 Å². The molecular weight excluding hydrogens is 552 g/mol. The van der Waals surface area contributed by atoms with Crippen LogP contribution in [0.2, 0.25) is 0 Å². The molecule has 1 atom stereocenters. The zero-order valence-corrected chi connectivity index (χ0v) is 23.2. The van der Waals surface area contributed by atoms with Crippen LogP contribution in [0.15, 0.2) is 42.5 Å². The van der Waals surface area contributed by atoms with Crippen molar-refractivity contribution < 1.29 is 43.0 Å². The number of nitrogens with zero attached hydrogens (tertiary/aromatic N) is 2. The van der Waals surface area contributed by atoms with Crippen LogP contribution < -0.4 is 15.4 Å². The van der Waals surface area contributed by atoms with Crippen molar-refractivity contribution in [3.8, 4) is 5.75 Å². The number of imide groups is 1. The number of anilines is 1. The van der Waals surface area contributed by atoms with E-state index in [1.807, 2.05) is 0 Å². The first-order chi connectivity index (χ1) is 20.4. The minimum absolute atomic E-state index is 0.00123. The molecule has 0 aromatic heterocycles. The minimum Gasteiger partial charge on any atom is -0.491 e. The summed E-state index contributed by atoms with van der Waals surface area (Å²) < 4.78 is 21.9. The van der Waals surface area contributed by atoms with E-state index in [1.165, 1.54) is 37.4 Å². The first-order valence-electron chi connectivity index (χ1n) is 13.4. The standard InChI is InChI=1S/C28H34N4O10/c1-29-25(34)10-7-21(19-33)31-27(35)23-3-2-4-24(26(23)28(31)36)30-11-12-39-13-14-40-15-16-41-17-18-42-22-8-5-20(6-9-22)32(37)38/h2-6,8-9,19,21,30H,7,10-18H2,1H3,(H,29,34). The van der Waals surface area contributed by atoms with Crippen LogP contribution in [0.3, 0.4) is 0 Å². The first-order valence-corrected chi connectivity index (χ1v) is 13.4. The molecule has 2 N–H and O–H groups in total. The molecule has 0 saturated heterocycles. The maximum absolute atomic E-state index is 13.1. The molecule has 2 aromatic carbocycles. The summed E-state index contributed by atoms with van der Waals surface area (Å²) in [4.78, 5) is 60.3. The van der Waals surface area contributed by atoms with Gasteiger partial charge in [0, 0.05) is 37.8 Å². The van der Waals surface area contributed by atoms with Gasteiger partial charge in [-0.1, -0.05) is 6.07 Å². The van der Waals surface area contributed by atoms with Gasteiger partial charge in [-0.3, -0.25) is 29.4 Å². The lowest BCUT2D eigenvalue weighted by Gasteiger charge is -2.21. The molecule has 1 aliphatic rings. The molecule has 14 heteroatoms. The Morgan fingerprint density at radius 2 is 1.60 bits per heavy atom. The van der Waals surface area contributed by atoms with E-state index >= 15 is 0 Å². The van der Waals surface area contributed by atoms with Gasteiger partial charge in [-0.15, -0.1) is 0 Å².